The van der Waals surface area contributed by atoms with Crippen LogP contribution in [0.4, 0.5) is 11.4 Å². The number of aromatic nitrogens is 8. The summed E-state index contributed by atoms with van der Waals surface area (Å²) >= 11 is 3.23. The smallest absolute Gasteiger partial charge is 0.274 e. The number of nitrogens with one attached hydrogen (secondary N) is 4. The molecule has 12 rings (SSSR count). The van der Waals surface area contributed by atoms with Crippen LogP contribution >= 0.6 is 15.9 Å². The number of nitrogens with zero attached hydrogens (tertiary/aromatic N) is 6. The molecule has 72 heavy (non-hydrogen) atoms. The van der Waals surface area contributed by atoms with Crippen LogP contribution in [0, 0.1) is 11.8 Å². The molecule has 18 nitrogen and oxygen atoms in total. The molecule has 4 aromatic heterocycles. The fourth-order valence-electron chi connectivity index (χ4n) is 9.21. The molecular formula is C51H49BrN10O8S2. The van der Waals surface area contributed by atoms with Crippen LogP contribution in [0.1, 0.15) is 71.3 Å². The van der Waals surface area contributed by atoms with E-state index in [1.54, 1.807) is 46.0 Å². The predicted octanol–water partition coefficient (Wildman–Crippen LogP) is 7.37. The molecule has 2 saturated carbocycles. The maximum Gasteiger partial charge on any atom is 0.274 e. The lowest BCUT2D eigenvalue weighted by molar-refractivity contribution is 0.101. The Balaban J connectivity index is 0.000000144. The second-order valence-electron chi connectivity index (χ2n) is 18.6. The van der Waals surface area contributed by atoms with E-state index < -0.39 is 19.7 Å². The van der Waals surface area contributed by atoms with Crippen LogP contribution in [-0.2, 0) is 19.7 Å². The number of hydrogen-bond acceptors (Lipinski definition) is 12. The molecule has 0 spiro atoms. The zero-order valence-corrected chi connectivity index (χ0v) is 41.9. The average molecular weight is 1070 g/mol. The second-order valence-corrected chi connectivity index (χ2v) is 24.3. The van der Waals surface area contributed by atoms with Crippen molar-refractivity contribution in [3.8, 4) is 22.5 Å². The number of hydrogen-bond donors (Lipinski definition) is 4. The minimum Gasteiger partial charge on any atom is -0.322 e. The molecule has 4 N–H and O–H groups in total. The summed E-state index contributed by atoms with van der Waals surface area (Å²) in [7, 11) is -5.67. The number of carbonyl (C=O) groups excluding carboxylic acids is 2. The summed E-state index contributed by atoms with van der Waals surface area (Å²) in [6.45, 7) is 0. The van der Waals surface area contributed by atoms with Gasteiger partial charge in [-0.1, -0.05) is 76.6 Å². The van der Waals surface area contributed by atoms with Crippen LogP contribution in [0.3, 0.4) is 0 Å². The summed E-state index contributed by atoms with van der Waals surface area (Å²) in [4.78, 5) is 50.4. The van der Waals surface area contributed by atoms with Gasteiger partial charge >= 0.3 is 0 Å². The number of rotatable bonds is 10. The first-order valence-electron chi connectivity index (χ1n) is 23.6. The van der Waals surface area contributed by atoms with Crippen molar-refractivity contribution in [2.45, 2.75) is 55.4 Å². The Kier molecular flexibility index (Phi) is 13.6. The maximum atomic E-state index is 13.4. The molecule has 2 saturated heterocycles. The van der Waals surface area contributed by atoms with Gasteiger partial charge in [0.15, 0.2) is 19.7 Å². The van der Waals surface area contributed by atoms with E-state index in [0.717, 1.165) is 34.0 Å². The molecule has 0 radical (unpaired) electrons. The van der Waals surface area contributed by atoms with Crippen LogP contribution in [0.25, 0.3) is 44.1 Å². The van der Waals surface area contributed by atoms with Crippen molar-refractivity contribution in [2.75, 3.05) is 33.6 Å². The summed E-state index contributed by atoms with van der Waals surface area (Å²) in [6.07, 6.45) is 12.1. The topological polar surface area (TPSA) is 254 Å². The third-order valence-corrected chi connectivity index (χ3v) is 18.0. The summed E-state index contributed by atoms with van der Waals surface area (Å²) < 4.78 is 47.9. The van der Waals surface area contributed by atoms with Crippen molar-refractivity contribution in [2.24, 2.45) is 11.8 Å². The molecule has 0 bridgehead atoms. The number of sulfone groups is 2. The first-order chi connectivity index (χ1) is 34.7. The lowest BCUT2D eigenvalue weighted by Crippen LogP contribution is -2.30. The van der Waals surface area contributed by atoms with Gasteiger partial charge in [0.05, 0.1) is 80.8 Å². The van der Waals surface area contributed by atoms with Crippen molar-refractivity contribution < 1.29 is 26.4 Å². The summed E-state index contributed by atoms with van der Waals surface area (Å²) in [5.74, 6) is 1.47. The molecule has 2 aliphatic heterocycles. The zero-order chi connectivity index (χ0) is 50.1. The number of benzene rings is 4. The van der Waals surface area contributed by atoms with E-state index in [9.17, 15) is 36.0 Å². The van der Waals surface area contributed by atoms with Crippen LogP contribution in [0.2, 0.25) is 0 Å². The SMILES string of the molecule is O=C(Nc1ccc(-c2n[nH]c(=O)c3ccccc23)cc1)c1cnn(C2CCS(=O)(=O)C2)c1.O=C(Nc1ccc(-c2nn(C(C3CC3)C3CC3)c(=O)c3ccccc23)cc1)c1cn[nH]c1.O=S1(=O)CCC(Br)C1. The van der Waals surface area contributed by atoms with Gasteiger partial charge in [0, 0.05) is 50.5 Å². The molecule has 4 aliphatic rings. The van der Waals surface area contributed by atoms with E-state index in [0.29, 0.717) is 68.7 Å². The first kappa shape index (κ1) is 48.5. The number of halogens is 1. The van der Waals surface area contributed by atoms with E-state index in [1.165, 1.54) is 38.1 Å². The van der Waals surface area contributed by atoms with E-state index in [2.05, 4.69) is 52.1 Å². The van der Waals surface area contributed by atoms with Crippen molar-refractivity contribution in [3.63, 3.8) is 0 Å². The molecular weight excluding hydrogens is 1020 g/mol. The van der Waals surface area contributed by atoms with Crippen molar-refractivity contribution >= 4 is 80.3 Å². The Morgan fingerprint density at radius 3 is 1.74 bits per heavy atom. The number of anilines is 2. The summed E-state index contributed by atoms with van der Waals surface area (Å²) in [6, 6.07) is 29.7. The number of alkyl halides is 1. The Labute approximate surface area is 421 Å². The quantitative estimate of drug-likeness (QED) is 0.0980. The molecule has 4 fully saturated rings. The van der Waals surface area contributed by atoms with E-state index >= 15 is 0 Å². The van der Waals surface area contributed by atoms with Crippen LogP contribution in [-0.4, -0.2) is 96.4 Å². The molecule has 8 aromatic rings. The molecule has 370 valence electrons. The van der Waals surface area contributed by atoms with E-state index in [1.807, 2.05) is 72.8 Å². The van der Waals surface area contributed by atoms with Crippen molar-refractivity contribution in [1.82, 2.24) is 40.0 Å². The van der Waals surface area contributed by atoms with Crippen LogP contribution in [0.15, 0.2) is 131 Å². The monoisotopic (exact) mass is 1070 g/mol. The zero-order valence-electron chi connectivity index (χ0n) is 38.6. The Morgan fingerprint density at radius 1 is 0.653 bits per heavy atom. The predicted molar refractivity (Wildman–Crippen MR) is 279 cm³/mol. The van der Waals surface area contributed by atoms with Crippen LogP contribution in [0.5, 0.6) is 0 Å². The van der Waals surface area contributed by atoms with Gasteiger partial charge in [0.25, 0.3) is 22.9 Å². The molecule has 2 aliphatic carbocycles. The van der Waals surface area contributed by atoms with Crippen LogP contribution < -0.4 is 21.8 Å². The van der Waals surface area contributed by atoms with E-state index in [4.69, 9.17) is 5.10 Å². The molecule has 2 unspecified atom stereocenters. The highest BCUT2D eigenvalue weighted by atomic mass is 79.9. The van der Waals surface area contributed by atoms with Crippen molar-refractivity contribution in [1.29, 1.82) is 0 Å². The lowest BCUT2D eigenvalue weighted by Gasteiger charge is -2.20. The highest BCUT2D eigenvalue weighted by molar-refractivity contribution is 9.09. The third kappa shape index (κ3) is 11.0. The second kappa shape index (κ2) is 20.2. The minimum atomic E-state index is -3.03. The normalized spacial score (nSPS) is 18.8. The van der Waals surface area contributed by atoms with Gasteiger partial charge < -0.3 is 10.6 Å². The number of H-pyrrole nitrogens is 2. The highest BCUT2D eigenvalue weighted by Crippen LogP contribution is 2.51. The van der Waals surface area contributed by atoms with Crippen molar-refractivity contribution in [3.05, 3.63) is 154 Å². The van der Waals surface area contributed by atoms with Gasteiger partial charge in [-0.3, -0.25) is 29.0 Å². The van der Waals surface area contributed by atoms with Gasteiger partial charge in [-0.05, 0) is 86.8 Å². The number of amides is 2. The number of aromatic amines is 2. The fraction of sp³-hybridized carbons (Fsp3) is 0.294. The Hall–Kier alpha value is -7.10. The largest absolute Gasteiger partial charge is 0.322 e. The highest BCUT2D eigenvalue weighted by Gasteiger charge is 2.44. The third-order valence-electron chi connectivity index (χ3n) is 13.2. The van der Waals surface area contributed by atoms with E-state index in [-0.39, 0.29) is 51.3 Å². The fourth-order valence-corrected chi connectivity index (χ4v) is 14.2. The average Bonchev–Trinajstić information content (AvgIpc) is 4.17. The summed E-state index contributed by atoms with van der Waals surface area (Å²) in [5, 5.41) is 30.8. The maximum absolute atomic E-state index is 13.4. The number of fused-ring (bicyclic) bond motifs is 2. The Bertz CT molecular complexity index is 3660. The molecule has 2 atom stereocenters. The lowest BCUT2D eigenvalue weighted by atomic mass is 10.0. The van der Waals surface area contributed by atoms with Gasteiger partial charge in [-0.2, -0.15) is 20.4 Å². The Morgan fingerprint density at radius 2 is 1.21 bits per heavy atom. The minimum absolute atomic E-state index is 0.0112. The first-order valence-corrected chi connectivity index (χ1v) is 28.1. The van der Waals surface area contributed by atoms with Gasteiger partial charge in [-0.25, -0.2) is 26.6 Å². The standard InChI is InChI=1S/C25H23N5O2.C22H19N5O4S.C4H7BrO2S/c31-24(18-13-26-27-14-18)28-19-11-9-15(10-12-19)22-20-3-1-2-4-21(20)25(32)30(29-22)23(16-5-6-16)17-7-8-17;28-21(15-11-23-27(12-15)17-9-10-32(30,31)13-17)24-16-7-5-14(6-8-16)20-18-3-1-2-4-19(18)22(29)26-25-20;5-4-1-2-8(6,7)3-4/h1-4,9-14,16-17,23H,5-8H2,(H,26,27)(H,28,31);1-8,11-12,17H,9-10,13H2,(H,24,28)(H,26,29);4H,1-3H2. The van der Waals surface area contributed by atoms with Gasteiger partial charge in [-0.15, -0.1) is 0 Å². The van der Waals surface area contributed by atoms with Gasteiger partial charge in [0.1, 0.15) is 0 Å². The van der Waals surface area contributed by atoms with Gasteiger partial charge in [0.2, 0.25) is 0 Å². The molecule has 21 heteroatoms. The molecule has 6 heterocycles. The molecule has 2 amide bonds. The number of carbonyl (C=O) groups is 2. The molecule has 4 aromatic carbocycles. The summed E-state index contributed by atoms with van der Waals surface area (Å²) in [5.41, 5.74) is 5.03.